The summed E-state index contributed by atoms with van der Waals surface area (Å²) in [6.07, 6.45) is 3.80. The predicted molar refractivity (Wildman–Crippen MR) is 76.1 cm³/mol. The molecule has 1 aliphatic rings. The maximum atomic E-state index is 10.4. The number of piperidine rings is 1. The molecule has 0 aliphatic carbocycles. The van der Waals surface area contributed by atoms with E-state index in [0.717, 1.165) is 38.8 Å². The maximum absolute atomic E-state index is 10.4. The predicted octanol–water partition coefficient (Wildman–Crippen LogP) is 1.80. The molecule has 1 aromatic rings. The number of β-amino-alcohol motifs (C(OH)–C–C–N with tert-alkyl or cyclic N) is 1. The van der Waals surface area contributed by atoms with Gasteiger partial charge < -0.3 is 15.3 Å². The minimum Gasteiger partial charge on any atom is -0.389 e. The van der Waals surface area contributed by atoms with Crippen LogP contribution in [0, 0.1) is 0 Å². The number of aryl methyl sites for hydroxylation is 1. The summed E-state index contributed by atoms with van der Waals surface area (Å²) >= 11 is 0. The minimum atomic E-state index is -0.502. The Labute approximate surface area is 110 Å². The summed E-state index contributed by atoms with van der Waals surface area (Å²) in [5.74, 6) is 0. The van der Waals surface area contributed by atoms with Gasteiger partial charge in [0.2, 0.25) is 0 Å². The van der Waals surface area contributed by atoms with E-state index in [-0.39, 0.29) is 0 Å². The molecule has 1 aliphatic heterocycles. The zero-order valence-corrected chi connectivity index (χ0v) is 11.4. The lowest BCUT2D eigenvalue weighted by molar-refractivity contribution is 0.00888. The Balaban J connectivity index is 1.89. The van der Waals surface area contributed by atoms with Crippen LogP contribution in [0.4, 0.5) is 5.69 Å². The molecule has 3 nitrogen and oxygen atoms in total. The van der Waals surface area contributed by atoms with Crippen molar-refractivity contribution in [3.63, 3.8) is 0 Å². The molecule has 0 saturated carbocycles. The van der Waals surface area contributed by atoms with Crippen molar-refractivity contribution < 1.29 is 5.11 Å². The van der Waals surface area contributed by atoms with Gasteiger partial charge in [-0.3, -0.25) is 0 Å². The summed E-state index contributed by atoms with van der Waals surface area (Å²) in [5, 5.41) is 13.7. The third-order valence-corrected chi connectivity index (χ3v) is 3.78. The van der Waals surface area contributed by atoms with Crippen molar-refractivity contribution in [2.24, 2.45) is 0 Å². The summed E-state index contributed by atoms with van der Waals surface area (Å²) in [5.41, 5.74) is 2.02. The normalized spacial score (nSPS) is 23.9. The van der Waals surface area contributed by atoms with Gasteiger partial charge in [-0.15, -0.1) is 0 Å². The molecule has 0 bridgehead atoms. The molecule has 1 atom stereocenters. The Morgan fingerprint density at radius 1 is 1.28 bits per heavy atom. The Hall–Kier alpha value is -1.06. The van der Waals surface area contributed by atoms with Gasteiger partial charge in [-0.1, -0.05) is 12.1 Å². The van der Waals surface area contributed by atoms with Crippen LogP contribution in [-0.2, 0) is 6.42 Å². The number of nitrogens with one attached hydrogen (secondary N) is 1. The van der Waals surface area contributed by atoms with Gasteiger partial charge in [0, 0.05) is 26.3 Å². The number of hydrogen-bond donors (Lipinski definition) is 2. The van der Waals surface area contributed by atoms with Crippen LogP contribution < -0.4 is 10.2 Å². The molecular formula is C15H24N2O. The zero-order valence-electron chi connectivity index (χ0n) is 11.4. The Morgan fingerprint density at radius 2 is 2.00 bits per heavy atom. The summed E-state index contributed by atoms with van der Waals surface area (Å²) < 4.78 is 0. The molecule has 2 rings (SSSR count). The molecule has 1 aromatic carbocycles. The molecule has 1 unspecified atom stereocenters. The summed E-state index contributed by atoms with van der Waals surface area (Å²) in [7, 11) is 4.09. The van der Waals surface area contributed by atoms with E-state index < -0.39 is 5.60 Å². The molecule has 18 heavy (non-hydrogen) atoms. The van der Waals surface area contributed by atoms with Gasteiger partial charge in [-0.2, -0.15) is 0 Å². The second-order valence-electron chi connectivity index (χ2n) is 5.57. The minimum absolute atomic E-state index is 0.502. The fraction of sp³-hybridized carbons (Fsp3) is 0.600. The van der Waals surface area contributed by atoms with Crippen LogP contribution in [0.25, 0.3) is 0 Å². The van der Waals surface area contributed by atoms with Crippen LogP contribution >= 0.6 is 0 Å². The van der Waals surface area contributed by atoms with Gasteiger partial charge >= 0.3 is 0 Å². The summed E-state index contributed by atoms with van der Waals surface area (Å²) in [6, 6.07) is 8.60. The van der Waals surface area contributed by atoms with E-state index in [4.69, 9.17) is 0 Å². The number of benzene rings is 1. The van der Waals surface area contributed by atoms with Crippen molar-refractivity contribution in [1.29, 1.82) is 0 Å². The van der Waals surface area contributed by atoms with Gasteiger partial charge in [0.25, 0.3) is 0 Å². The quantitative estimate of drug-likeness (QED) is 0.853. The first-order valence-corrected chi connectivity index (χ1v) is 6.78. The van der Waals surface area contributed by atoms with Gasteiger partial charge in [-0.05, 0) is 49.9 Å². The highest BCUT2D eigenvalue weighted by Gasteiger charge is 2.28. The van der Waals surface area contributed by atoms with Crippen molar-refractivity contribution in [3.05, 3.63) is 29.8 Å². The molecule has 0 amide bonds. The lowest BCUT2D eigenvalue weighted by Crippen LogP contribution is -2.45. The van der Waals surface area contributed by atoms with Crippen molar-refractivity contribution in [1.82, 2.24) is 5.32 Å². The molecular weight excluding hydrogens is 224 g/mol. The summed E-state index contributed by atoms with van der Waals surface area (Å²) in [6.45, 7) is 1.78. The molecule has 0 radical (unpaired) electrons. The molecule has 3 heteroatoms. The van der Waals surface area contributed by atoms with Crippen LogP contribution in [0.5, 0.6) is 0 Å². The third kappa shape index (κ3) is 3.47. The van der Waals surface area contributed by atoms with E-state index in [2.05, 4.69) is 34.5 Å². The first kappa shape index (κ1) is 13.4. The largest absolute Gasteiger partial charge is 0.389 e. The second kappa shape index (κ2) is 5.72. The van der Waals surface area contributed by atoms with Crippen molar-refractivity contribution in [2.75, 3.05) is 32.1 Å². The van der Waals surface area contributed by atoms with E-state index >= 15 is 0 Å². The number of aliphatic hydroxyl groups is 1. The van der Waals surface area contributed by atoms with Crippen LogP contribution in [0.2, 0.25) is 0 Å². The smallest absolute Gasteiger partial charge is 0.0775 e. The van der Waals surface area contributed by atoms with E-state index in [1.165, 1.54) is 11.3 Å². The first-order valence-electron chi connectivity index (χ1n) is 6.78. The standard InChI is InChI=1S/C15H24N2O/c1-17(2)14-6-4-13(5-7-14)8-10-15(18)9-3-11-16-12-15/h4-7,16,18H,3,8-12H2,1-2H3. The second-order valence-corrected chi connectivity index (χ2v) is 5.57. The van der Waals surface area contributed by atoms with Crippen molar-refractivity contribution in [3.8, 4) is 0 Å². The topological polar surface area (TPSA) is 35.5 Å². The van der Waals surface area contributed by atoms with Crippen molar-refractivity contribution >= 4 is 5.69 Å². The summed E-state index contributed by atoms with van der Waals surface area (Å²) in [4.78, 5) is 2.10. The maximum Gasteiger partial charge on any atom is 0.0775 e. The lowest BCUT2D eigenvalue weighted by Gasteiger charge is -2.32. The van der Waals surface area contributed by atoms with E-state index in [9.17, 15) is 5.11 Å². The fourth-order valence-electron chi connectivity index (χ4n) is 2.50. The van der Waals surface area contributed by atoms with E-state index in [1.54, 1.807) is 0 Å². The highest BCUT2D eigenvalue weighted by atomic mass is 16.3. The van der Waals surface area contributed by atoms with Crippen LogP contribution in [0.3, 0.4) is 0 Å². The Morgan fingerprint density at radius 3 is 2.56 bits per heavy atom. The van der Waals surface area contributed by atoms with Crippen LogP contribution in [0.15, 0.2) is 24.3 Å². The molecule has 0 spiro atoms. The fourth-order valence-corrected chi connectivity index (χ4v) is 2.50. The number of nitrogens with zero attached hydrogens (tertiary/aromatic N) is 1. The average molecular weight is 248 g/mol. The van der Waals surface area contributed by atoms with E-state index in [0.29, 0.717) is 0 Å². The molecule has 100 valence electrons. The van der Waals surface area contributed by atoms with Crippen LogP contribution in [0.1, 0.15) is 24.8 Å². The highest BCUT2D eigenvalue weighted by molar-refractivity contribution is 5.46. The third-order valence-electron chi connectivity index (χ3n) is 3.78. The first-order chi connectivity index (χ1) is 8.59. The SMILES string of the molecule is CN(C)c1ccc(CCC2(O)CCCNC2)cc1. The van der Waals surface area contributed by atoms with Gasteiger partial charge in [0.1, 0.15) is 0 Å². The van der Waals surface area contributed by atoms with Gasteiger partial charge in [0.05, 0.1) is 5.60 Å². The van der Waals surface area contributed by atoms with Crippen LogP contribution in [-0.4, -0.2) is 37.9 Å². The number of hydrogen-bond acceptors (Lipinski definition) is 3. The van der Waals surface area contributed by atoms with E-state index in [1.807, 2.05) is 14.1 Å². The average Bonchev–Trinajstić information content (AvgIpc) is 2.38. The van der Waals surface area contributed by atoms with Gasteiger partial charge in [0.15, 0.2) is 0 Å². The molecule has 1 fully saturated rings. The molecule has 2 N–H and O–H groups in total. The van der Waals surface area contributed by atoms with Crippen molar-refractivity contribution in [2.45, 2.75) is 31.3 Å². The Kier molecular flexibility index (Phi) is 4.25. The monoisotopic (exact) mass is 248 g/mol. The number of rotatable bonds is 4. The zero-order chi connectivity index (χ0) is 13.0. The molecule has 0 aromatic heterocycles. The molecule has 1 saturated heterocycles. The Bertz CT molecular complexity index is 367. The van der Waals surface area contributed by atoms with Gasteiger partial charge in [-0.25, -0.2) is 0 Å². The molecule has 1 heterocycles. The highest BCUT2D eigenvalue weighted by Crippen LogP contribution is 2.23. The lowest BCUT2D eigenvalue weighted by atomic mass is 9.88. The number of anilines is 1.